The van der Waals surface area contributed by atoms with E-state index in [0.717, 1.165) is 18.3 Å². The number of piperazine rings is 1. The highest BCUT2D eigenvalue weighted by Gasteiger charge is 2.53. The summed E-state index contributed by atoms with van der Waals surface area (Å²) in [6.07, 6.45) is -12.7. The van der Waals surface area contributed by atoms with E-state index in [1.807, 2.05) is 6.92 Å². The average Bonchev–Trinajstić information content (AvgIpc) is 3.41. The van der Waals surface area contributed by atoms with E-state index in [9.17, 15) is 31.1 Å². The van der Waals surface area contributed by atoms with E-state index in [-0.39, 0.29) is 35.1 Å². The van der Waals surface area contributed by atoms with Gasteiger partial charge in [-0.15, -0.1) is 0 Å². The zero-order valence-electron chi connectivity index (χ0n) is 17.0. The number of nitrogens with zero attached hydrogens (tertiary/aromatic N) is 3. The van der Waals surface area contributed by atoms with E-state index in [0.29, 0.717) is 19.2 Å². The number of anilines is 2. The van der Waals surface area contributed by atoms with E-state index >= 15 is 0 Å². The number of nitrogens with one attached hydrogen (secondary N) is 2. The molecule has 176 valence electrons. The molecule has 0 bridgehead atoms. The number of cyclic esters (lactones) is 1. The first-order valence-corrected chi connectivity index (χ1v) is 10.1. The number of aromatic nitrogens is 2. The van der Waals surface area contributed by atoms with Crippen LogP contribution in [-0.4, -0.2) is 47.4 Å². The fourth-order valence-corrected chi connectivity index (χ4v) is 4.54. The maximum atomic E-state index is 13.7. The molecule has 1 unspecified atom stereocenters. The van der Waals surface area contributed by atoms with Gasteiger partial charge in [-0.1, -0.05) is 6.92 Å². The van der Waals surface area contributed by atoms with Crippen molar-refractivity contribution in [2.45, 2.75) is 37.5 Å². The van der Waals surface area contributed by atoms with Crippen LogP contribution in [0.15, 0.2) is 24.4 Å². The first kappa shape index (κ1) is 21.7. The quantitative estimate of drug-likeness (QED) is 0.639. The Morgan fingerprint density at radius 3 is 2.64 bits per heavy atom. The number of fused-ring (bicyclic) bond motifs is 2. The second-order valence-corrected chi connectivity index (χ2v) is 8.19. The van der Waals surface area contributed by atoms with Gasteiger partial charge in [0, 0.05) is 30.9 Å². The molecule has 3 aliphatic rings. The third-order valence-corrected chi connectivity index (χ3v) is 6.13. The minimum Gasteiger partial charge on any atom is -0.431 e. The molecule has 4 atom stereocenters. The monoisotopic (exact) mass is 473 g/mol. The molecular weight excluding hydrogens is 456 g/mol. The van der Waals surface area contributed by atoms with Crippen molar-refractivity contribution < 1.29 is 35.9 Å². The van der Waals surface area contributed by atoms with Crippen LogP contribution in [0, 0.1) is 5.92 Å². The average molecular weight is 473 g/mol. The zero-order valence-corrected chi connectivity index (χ0v) is 17.0. The molecule has 7 nitrogen and oxygen atoms in total. The van der Waals surface area contributed by atoms with Crippen LogP contribution in [0.4, 0.5) is 42.8 Å². The molecule has 13 heteroatoms. The SMILES string of the molecule is C[C@H]1C2NCCN(c3cc(C(F)(F)F)cc(-c4ccnc5c4[C@H](C(F)(F)F)OC(=O)N5)n3)[C@H]21. The number of alkyl halides is 6. The van der Waals surface area contributed by atoms with Crippen molar-refractivity contribution in [3.63, 3.8) is 0 Å². The maximum absolute atomic E-state index is 13.7. The number of rotatable bonds is 2. The van der Waals surface area contributed by atoms with E-state index in [1.54, 1.807) is 4.90 Å². The molecule has 0 aromatic carbocycles. The Morgan fingerprint density at radius 2 is 1.94 bits per heavy atom. The number of ether oxygens (including phenoxy) is 1. The molecule has 2 aliphatic heterocycles. The predicted molar refractivity (Wildman–Crippen MR) is 103 cm³/mol. The molecule has 1 saturated heterocycles. The van der Waals surface area contributed by atoms with Gasteiger partial charge in [-0.2, -0.15) is 26.3 Å². The number of hydrogen-bond donors (Lipinski definition) is 2. The van der Waals surface area contributed by atoms with Crippen LogP contribution >= 0.6 is 0 Å². The Morgan fingerprint density at radius 1 is 1.18 bits per heavy atom. The van der Waals surface area contributed by atoms with Gasteiger partial charge < -0.3 is 15.0 Å². The van der Waals surface area contributed by atoms with Gasteiger partial charge in [0.15, 0.2) is 0 Å². The summed E-state index contributed by atoms with van der Waals surface area (Å²) in [5.41, 5.74) is -2.22. The molecule has 1 amide bonds. The van der Waals surface area contributed by atoms with Crippen molar-refractivity contribution in [3.05, 3.63) is 35.5 Å². The van der Waals surface area contributed by atoms with Gasteiger partial charge in [0.2, 0.25) is 6.10 Å². The van der Waals surface area contributed by atoms with Gasteiger partial charge in [0.05, 0.1) is 22.9 Å². The van der Waals surface area contributed by atoms with Gasteiger partial charge in [-0.25, -0.2) is 14.8 Å². The molecule has 2 aromatic rings. The number of pyridine rings is 2. The smallest absolute Gasteiger partial charge is 0.430 e. The minimum atomic E-state index is -5.01. The Bertz CT molecular complexity index is 1120. The summed E-state index contributed by atoms with van der Waals surface area (Å²) < 4.78 is 86.7. The second-order valence-electron chi connectivity index (χ2n) is 8.19. The molecule has 2 fully saturated rings. The lowest BCUT2D eigenvalue weighted by Crippen LogP contribution is -2.44. The highest BCUT2D eigenvalue weighted by molar-refractivity contribution is 5.89. The molecule has 2 aromatic heterocycles. The lowest BCUT2D eigenvalue weighted by molar-refractivity contribution is -0.206. The Balaban J connectivity index is 1.68. The molecule has 1 saturated carbocycles. The highest BCUT2D eigenvalue weighted by atomic mass is 19.4. The van der Waals surface area contributed by atoms with Crippen LogP contribution in [-0.2, 0) is 10.9 Å². The molecule has 4 heterocycles. The lowest BCUT2D eigenvalue weighted by Gasteiger charge is -2.30. The van der Waals surface area contributed by atoms with Crippen LogP contribution in [0.3, 0.4) is 0 Å². The highest BCUT2D eigenvalue weighted by Crippen LogP contribution is 2.47. The van der Waals surface area contributed by atoms with Crippen molar-refractivity contribution >= 4 is 17.7 Å². The first-order valence-electron chi connectivity index (χ1n) is 10.1. The van der Waals surface area contributed by atoms with Crippen LogP contribution in [0.25, 0.3) is 11.3 Å². The fourth-order valence-electron chi connectivity index (χ4n) is 4.54. The zero-order chi connectivity index (χ0) is 23.7. The Kier molecular flexibility index (Phi) is 4.75. The number of amides is 1. The molecular formula is C20H17F6N5O2. The topological polar surface area (TPSA) is 79.4 Å². The van der Waals surface area contributed by atoms with Crippen molar-refractivity contribution in [2.24, 2.45) is 5.92 Å². The predicted octanol–water partition coefficient (Wildman–Crippen LogP) is 4.12. The van der Waals surface area contributed by atoms with Crippen molar-refractivity contribution in [1.82, 2.24) is 15.3 Å². The van der Waals surface area contributed by atoms with Crippen LogP contribution in [0.5, 0.6) is 0 Å². The summed E-state index contributed by atoms with van der Waals surface area (Å²) in [5.74, 6) is -0.223. The number of carbonyl (C=O) groups is 1. The molecule has 33 heavy (non-hydrogen) atoms. The van der Waals surface area contributed by atoms with E-state index in [1.165, 1.54) is 0 Å². The Labute approximate surface area is 183 Å². The summed E-state index contributed by atoms with van der Waals surface area (Å²) in [6.45, 7) is 2.90. The van der Waals surface area contributed by atoms with Crippen LogP contribution in [0.2, 0.25) is 0 Å². The first-order chi connectivity index (χ1) is 15.4. The van der Waals surface area contributed by atoms with Gasteiger partial charge in [-0.05, 0) is 24.1 Å². The third kappa shape index (κ3) is 3.73. The summed E-state index contributed by atoms with van der Waals surface area (Å²) in [6, 6.07) is 2.79. The number of carbonyl (C=O) groups excluding carboxylic acids is 1. The second kappa shape index (κ2) is 7.20. The molecule has 0 spiro atoms. The molecule has 1 aliphatic carbocycles. The van der Waals surface area contributed by atoms with Crippen LogP contribution in [0.1, 0.15) is 24.2 Å². The van der Waals surface area contributed by atoms with Gasteiger partial charge in [0.1, 0.15) is 11.6 Å². The normalized spacial score (nSPS) is 26.8. The summed E-state index contributed by atoms with van der Waals surface area (Å²) in [5, 5.41) is 5.36. The van der Waals surface area contributed by atoms with E-state index < -0.39 is 41.5 Å². The van der Waals surface area contributed by atoms with Crippen molar-refractivity contribution in [1.29, 1.82) is 0 Å². The van der Waals surface area contributed by atoms with E-state index in [2.05, 4.69) is 25.3 Å². The Hall–Kier alpha value is -3.09. The largest absolute Gasteiger partial charge is 0.431 e. The van der Waals surface area contributed by atoms with Crippen molar-refractivity contribution in [3.8, 4) is 11.3 Å². The van der Waals surface area contributed by atoms with Crippen LogP contribution < -0.4 is 15.5 Å². The number of hydrogen-bond acceptors (Lipinski definition) is 6. The standard InChI is InChI=1S/C20H17F6N5O2/c1-8-14-15(8)31(5-4-27-14)12-7-9(19(21,22)23)6-11(29-12)10-2-3-28-17-13(10)16(20(24,25)26)33-18(32)30-17/h2-3,6-8,14-16,27H,4-5H2,1H3,(H,28,30,32)/t8-,14?,15-,16+/m0/s1. The van der Waals surface area contributed by atoms with Gasteiger partial charge in [-0.3, -0.25) is 5.32 Å². The number of halogens is 6. The third-order valence-electron chi connectivity index (χ3n) is 6.13. The van der Waals surface area contributed by atoms with Crippen molar-refractivity contribution in [2.75, 3.05) is 23.3 Å². The lowest BCUT2D eigenvalue weighted by atomic mass is 9.98. The molecule has 2 N–H and O–H groups in total. The van der Waals surface area contributed by atoms with Gasteiger partial charge >= 0.3 is 18.4 Å². The molecule has 5 rings (SSSR count). The fraction of sp³-hybridized carbons (Fsp3) is 0.450. The minimum absolute atomic E-state index is 0.0237. The maximum Gasteiger partial charge on any atom is 0.430 e. The summed E-state index contributed by atoms with van der Waals surface area (Å²) >= 11 is 0. The molecule has 0 radical (unpaired) electrons. The summed E-state index contributed by atoms with van der Waals surface area (Å²) in [4.78, 5) is 21.4. The summed E-state index contributed by atoms with van der Waals surface area (Å²) in [7, 11) is 0. The van der Waals surface area contributed by atoms with E-state index in [4.69, 9.17) is 0 Å². The van der Waals surface area contributed by atoms with Gasteiger partial charge in [0.25, 0.3) is 0 Å².